The first-order valence-corrected chi connectivity index (χ1v) is 15.6. The van der Waals surface area contributed by atoms with Crippen molar-refractivity contribution in [2.45, 2.75) is 85.9 Å². The van der Waals surface area contributed by atoms with E-state index in [-0.39, 0.29) is 34.3 Å². The largest absolute Gasteiger partial charge is 0.444 e. The van der Waals surface area contributed by atoms with Gasteiger partial charge in [0.05, 0.1) is 21.8 Å². The summed E-state index contributed by atoms with van der Waals surface area (Å²) in [5, 5.41) is 0.758. The van der Waals surface area contributed by atoms with Crippen LogP contribution in [0.25, 0.3) is 28.0 Å². The van der Waals surface area contributed by atoms with E-state index in [0.717, 1.165) is 16.8 Å². The normalized spacial score (nSPS) is 17.3. The zero-order valence-electron chi connectivity index (χ0n) is 27.3. The molecule has 0 radical (unpaired) electrons. The summed E-state index contributed by atoms with van der Waals surface area (Å²) >= 11 is 6.85. The van der Waals surface area contributed by atoms with Crippen LogP contribution in [0.3, 0.4) is 0 Å². The number of benzene rings is 1. The van der Waals surface area contributed by atoms with Gasteiger partial charge in [-0.25, -0.2) is 23.5 Å². The molecule has 1 aliphatic heterocycles. The topological polar surface area (TPSA) is 93.5 Å². The van der Waals surface area contributed by atoms with Crippen molar-refractivity contribution in [2.75, 3.05) is 18.0 Å². The number of ether oxygens (including phenoxy) is 1. The number of hydrogen-bond donors (Lipinski definition) is 0. The standard InChI is InChI=1S/C34H40ClFN6O3/c1-18(2)25-15-37-22(6)21(5)29(25)42-31-24(14-26(35)28(38-31)23-12-10-11-13-27(23)36)30(39-32(42)43)40-16-20(4)41(17-19(40)3)33(44)45-34(7,8)9/h10-15,18-20H,16-17H2,1-9H3/t19-,20+/m0/s1. The molecule has 1 aromatic carbocycles. The minimum absolute atomic E-state index is 0.0357. The molecule has 0 N–H and O–H groups in total. The highest BCUT2D eigenvalue weighted by Crippen LogP contribution is 2.37. The van der Waals surface area contributed by atoms with Crippen molar-refractivity contribution >= 4 is 34.5 Å². The molecule has 45 heavy (non-hydrogen) atoms. The lowest BCUT2D eigenvalue weighted by Crippen LogP contribution is -2.59. The third-order valence-corrected chi connectivity index (χ3v) is 8.52. The van der Waals surface area contributed by atoms with Gasteiger partial charge in [-0.15, -0.1) is 0 Å². The lowest BCUT2D eigenvalue weighted by atomic mass is 9.99. The van der Waals surface area contributed by atoms with E-state index in [0.29, 0.717) is 35.6 Å². The molecule has 0 bridgehead atoms. The lowest BCUT2D eigenvalue weighted by molar-refractivity contribution is 0.0130. The molecular weight excluding hydrogens is 595 g/mol. The summed E-state index contributed by atoms with van der Waals surface area (Å²) in [4.78, 5) is 45.1. The van der Waals surface area contributed by atoms with Crippen molar-refractivity contribution in [2.24, 2.45) is 0 Å². The van der Waals surface area contributed by atoms with Crippen molar-refractivity contribution in [1.29, 1.82) is 0 Å². The number of carbonyl (C=O) groups is 1. The average Bonchev–Trinajstić information content (AvgIpc) is 2.95. The van der Waals surface area contributed by atoms with Crippen molar-refractivity contribution in [3.8, 4) is 16.9 Å². The Morgan fingerprint density at radius 2 is 1.78 bits per heavy atom. The molecule has 1 fully saturated rings. The van der Waals surface area contributed by atoms with E-state index in [4.69, 9.17) is 21.3 Å². The SMILES string of the molecule is Cc1ncc(C(C)C)c(-n2c(=O)nc(N3C[C@@H](C)N(C(=O)OC(C)(C)C)C[C@@H]3C)c3cc(Cl)c(-c4ccccc4F)nc32)c1C. The summed E-state index contributed by atoms with van der Waals surface area (Å²) < 4.78 is 22.2. The first-order chi connectivity index (χ1) is 21.1. The first-order valence-electron chi connectivity index (χ1n) is 15.2. The molecule has 4 heterocycles. The highest BCUT2D eigenvalue weighted by molar-refractivity contribution is 6.33. The Balaban J connectivity index is 1.76. The Morgan fingerprint density at radius 1 is 1.09 bits per heavy atom. The minimum atomic E-state index is -0.629. The molecule has 0 saturated carbocycles. The second-order valence-electron chi connectivity index (χ2n) is 13.1. The molecular formula is C34H40ClFN6O3. The number of fused-ring (bicyclic) bond motifs is 1. The molecule has 1 amide bonds. The van der Waals surface area contributed by atoms with Gasteiger partial charge in [-0.2, -0.15) is 4.98 Å². The molecule has 3 aromatic heterocycles. The molecule has 1 saturated heterocycles. The highest BCUT2D eigenvalue weighted by Gasteiger charge is 2.36. The van der Waals surface area contributed by atoms with E-state index in [2.05, 4.69) is 9.97 Å². The summed E-state index contributed by atoms with van der Waals surface area (Å²) in [6.07, 6.45) is 1.39. The van der Waals surface area contributed by atoms with E-state index in [1.165, 1.54) is 10.6 Å². The Hall–Kier alpha value is -4.05. The summed E-state index contributed by atoms with van der Waals surface area (Å²) in [7, 11) is 0. The van der Waals surface area contributed by atoms with Crippen LogP contribution >= 0.6 is 11.6 Å². The average molecular weight is 635 g/mol. The molecule has 2 atom stereocenters. The molecule has 0 unspecified atom stereocenters. The van der Waals surface area contributed by atoms with Gasteiger partial charge < -0.3 is 14.5 Å². The second-order valence-corrected chi connectivity index (χ2v) is 13.5. The monoisotopic (exact) mass is 634 g/mol. The van der Waals surface area contributed by atoms with Gasteiger partial charge in [0.15, 0.2) is 5.65 Å². The molecule has 11 heteroatoms. The molecule has 1 aliphatic rings. The third kappa shape index (κ3) is 6.12. The fourth-order valence-corrected chi connectivity index (χ4v) is 6.05. The van der Waals surface area contributed by atoms with Crippen LogP contribution in [0.5, 0.6) is 0 Å². The number of halogens is 2. The van der Waals surface area contributed by atoms with Gasteiger partial charge >= 0.3 is 11.8 Å². The fourth-order valence-electron chi connectivity index (χ4n) is 5.80. The molecule has 9 nitrogen and oxygen atoms in total. The predicted octanol–water partition coefficient (Wildman–Crippen LogP) is 7.21. The number of anilines is 1. The predicted molar refractivity (Wildman–Crippen MR) is 176 cm³/mol. The highest BCUT2D eigenvalue weighted by atomic mass is 35.5. The summed E-state index contributed by atoms with van der Waals surface area (Å²) in [5.41, 5.74) is 2.68. The third-order valence-electron chi connectivity index (χ3n) is 8.23. The maximum Gasteiger partial charge on any atom is 0.410 e. The van der Waals surface area contributed by atoms with E-state index in [1.807, 2.05) is 67.2 Å². The van der Waals surface area contributed by atoms with Crippen LogP contribution in [0.15, 0.2) is 41.3 Å². The summed E-state index contributed by atoms with van der Waals surface area (Å²) in [6, 6.07) is 7.52. The van der Waals surface area contributed by atoms with Gasteiger partial charge in [-0.05, 0) is 83.7 Å². The number of nitrogens with zero attached hydrogens (tertiary/aromatic N) is 6. The van der Waals surface area contributed by atoms with Gasteiger partial charge in [0.2, 0.25) is 0 Å². The molecule has 0 spiro atoms. The van der Waals surface area contributed by atoms with Crippen LogP contribution < -0.4 is 10.6 Å². The number of carbonyl (C=O) groups excluding carboxylic acids is 1. The Labute approximate surface area is 268 Å². The van der Waals surface area contributed by atoms with Crippen molar-refractivity contribution in [1.82, 2.24) is 24.4 Å². The summed E-state index contributed by atoms with van der Waals surface area (Å²) in [5.74, 6) is -0.0408. The Morgan fingerprint density at radius 3 is 2.42 bits per heavy atom. The minimum Gasteiger partial charge on any atom is -0.444 e. The zero-order chi connectivity index (χ0) is 33.0. The summed E-state index contributed by atoms with van der Waals surface area (Å²) in [6.45, 7) is 18.0. The molecule has 5 rings (SSSR count). The fraction of sp³-hybridized carbons (Fsp3) is 0.441. The molecule has 238 valence electrons. The number of hydrogen-bond acceptors (Lipinski definition) is 7. The number of amides is 1. The maximum atomic E-state index is 15.1. The Bertz CT molecular complexity index is 1850. The van der Waals surface area contributed by atoms with Gasteiger partial charge in [-0.1, -0.05) is 37.6 Å². The van der Waals surface area contributed by atoms with Crippen LogP contribution in [0, 0.1) is 19.7 Å². The van der Waals surface area contributed by atoms with Crippen LogP contribution in [0.2, 0.25) is 5.02 Å². The van der Waals surface area contributed by atoms with Gasteiger partial charge in [0.1, 0.15) is 17.2 Å². The van der Waals surface area contributed by atoms with Gasteiger partial charge in [-0.3, -0.25) is 4.98 Å². The van der Waals surface area contributed by atoms with E-state index in [9.17, 15) is 9.59 Å². The van der Waals surface area contributed by atoms with Crippen molar-refractivity contribution in [3.05, 3.63) is 74.7 Å². The van der Waals surface area contributed by atoms with Crippen molar-refractivity contribution in [3.63, 3.8) is 0 Å². The van der Waals surface area contributed by atoms with Crippen LogP contribution in [0.1, 0.15) is 71.2 Å². The second kappa shape index (κ2) is 12.0. The number of aryl methyl sites for hydroxylation is 1. The van der Waals surface area contributed by atoms with Gasteiger partial charge in [0, 0.05) is 42.6 Å². The van der Waals surface area contributed by atoms with Gasteiger partial charge in [0.25, 0.3) is 0 Å². The lowest BCUT2D eigenvalue weighted by Gasteiger charge is -2.44. The number of pyridine rings is 2. The molecule has 4 aromatic rings. The smallest absolute Gasteiger partial charge is 0.410 e. The maximum absolute atomic E-state index is 15.1. The number of rotatable bonds is 4. The number of piperazine rings is 1. The Kier molecular flexibility index (Phi) is 8.65. The van der Waals surface area contributed by atoms with E-state index >= 15 is 4.39 Å². The first kappa shape index (κ1) is 32.3. The van der Waals surface area contributed by atoms with E-state index in [1.54, 1.807) is 35.4 Å². The molecule has 0 aliphatic carbocycles. The van der Waals surface area contributed by atoms with Crippen molar-refractivity contribution < 1.29 is 13.9 Å². The van der Waals surface area contributed by atoms with Crippen LogP contribution in [-0.2, 0) is 4.74 Å². The van der Waals surface area contributed by atoms with Crippen LogP contribution in [-0.4, -0.2) is 61.3 Å². The quantitative estimate of drug-likeness (QED) is 0.234. The van der Waals surface area contributed by atoms with Crippen LogP contribution in [0.4, 0.5) is 15.0 Å². The zero-order valence-corrected chi connectivity index (χ0v) is 28.0. The number of aromatic nitrogens is 4. The van der Waals surface area contributed by atoms with E-state index < -0.39 is 23.2 Å².